The van der Waals surface area contributed by atoms with E-state index in [1.807, 2.05) is 48.5 Å². The summed E-state index contributed by atoms with van der Waals surface area (Å²) in [5.74, 6) is 0.467. The molecule has 0 bridgehead atoms. The molecule has 0 spiro atoms. The Morgan fingerprint density at radius 3 is 2.34 bits per heavy atom. The molecule has 1 amide bonds. The molecule has 0 saturated heterocycles. The Morgan fingerprint density at radius 1 is 0.969 bits per heavy atom. The van der Waals surface area contributed by atoms with E-state index < -0.39 is 10.1 Å². The molecule has 0 N–H and O–H groups in total. The molecule has 0 aliphatic heterocycles. The molecular weight excluding hydrogens is 426 g/mol. The second-order valence-corrected chi connectivity index (χ2v) is 9.92. The van der Waals surface area contributed by atoms with E-state index in [0.717, 1.165) is 16.3 Å². The lowest BCUT2D eigenvalue weighted by Gasteiger charge is -2.25. The number of carbonyl (C=O) groups is 1. The predicted molar refractivity (Wildman–Crippen MR) is 127 cm³/mol. The standard InChI is InChI=1S/C25H29NO5S/c1-5-32(28,29)31-24-14-19(10-13-23(24)30-4)17-26(16-18(2)3)25(27)22-12-11-20-8-6-7-9-21(20)15-22/h6-15,18H,5,16-17H2,1-4H3. The number of ether oxygens (including phenoxy) is 1. The van der Waals surface area contributed by atoms with E-state index in [2.05, 4.69) is 13.8 Å². The van der Waals surface area contributed by atoms with Gasteiger partial charge in [-0.2, -0.15) is 8.42 Å². The highest BCUT2D eigenvalue weighted by molar-refractivity contribution is 7.87. The first-order valence-corrected chi connectivity index (χ1v) is 12.2. The molecule has 0 saturated carbocycles. The number of methoxy groups -OCH3 is 1. The molecule has 3 aromatic carbocycles. The third kappa shape index (κ3) is 5.79. The Morgan fingerprint density at radius 2 is 1.69 bits per heavy atom. The zero-order chi connectivity index (χ0) is 23.3. The van der Waals surface area contributed by atoms with Gasteiger partial charge in [-0.3, -0.25) is 4.79 Å². The van der Waals surface area contributed by atoms with Crippen molar-refractivity contribution in [2.75, 3.05) is 19.4 Å². The zero-order valence-corrected chi connectivity index (χ0v) is 19.7. The van der Waals surface area contributed by atoms with Crippen LogP contribution in [-0.4, -0.2) is 38.6 Å². The Kier molecular flexibility index (Phi) is 7.40. The van der Waals surface area contributed by atoms with Gasteiger partial charge in [0, 0.05) is 18.7 Å². The second kappa shape index (κ2) is 10.0. The van der Waals surface area contributed by atoms with Crippen molar-refractivity contribution in [3.63, 3.8) is 0 Å². The number of hydrogen-bond acceptors (Lipinski definition) is 5. The predicted octanol–water partition coefficient (Wildman–Crippen LogP) is 4.88. The van der Waals surface area contributed by atoms with Gasteiger partial charge in [0.1, 0.15) is 0 Å². The Bertz CT molecular complexity index is 1200. The van der Waals surface area contributed by atoms with Crippen LogP contribution in [0.5, 0.6) is 11.5 Å². The number of fused-ring (bicyclic) bond motifs is 1. The maximum atomic E-state index is 13.4. The van der Waals surface area contributed by atoms with Crippen LogP contribution in [0.3, 0.4) is 0 Å². The van der Waals surface area contributed by atoms with Gasteiger partial charge in [0.2, 0.25) is 0 Å². The molecule has 7 heteroatoms. The van der Waals surface area contributed by atoms with Crippen LogP contribution in [-0.2, 0) is 16.7 Å². The molecule has 0 aliphatic carbocycles. The Balaban J connectivity index is 1.91. The van der Waals surface area contributed by atoms with Gasteiger partial charge < -0.3 is 13.8 Å². The lowest BCUT2D eigenvalue weighted by Crippen LogP contribution is -2.33. The molecule has 0 radical (unpaired) electrons. The van der Waals surface area contributed by atoms with Gasteiger partial charge in [-0.25, -0.2) is 0 Å². The molecule has 0 aliphatic rings. The number of benzene rings is 3. The minimum atomic E-state index is -3.71. The van der Waals surface area contributed by atoms with Gasteiger partial charge in [0.05, 0.1) is 12.9 Å². The molecule has 3 rings (SSSR count). The van der Waals surface area contributed by atoms with Crippen LogP contribution < -0.4 is 8.92 Å². The summed E-state index contributed by atoms with van der Waals surface area (Å²) in [4.78, 5) is 15.2. The molecule has 0 aromatic heterocycles. The number of amides is 1. The molecule has 0 heterocycles. The lowest BCUT2D eigenvalue weighted by atomic mass is 10.0. The maximum absolute atomic E-state index is 13.4. The summed E-state index contributed by atoms with van der Waals surface area (Å²) < 4.78 is 34.4. The van der Waals surface area contributed by atoms with Gasteiger partial charge in [0.25, 0.3) is 5.91 Å². The van der Waals surface area contributed by atoms with Crippen LogP contribution in [0.15, 0.2) is 60.7 Å². The van der Waals surface area contributed by atoms with Crippen molar-refractivity contribution in [1.82, 2.24) is 4.90 Å². The first-order chi connectivity index (χ1) is 15.2. The van der Waals surface area contributed by atoms with Gasteiger partial charge in [-0.1, -0.05) is 50.2 Å². The molecule has 0 unspecified atom stereocenters. The second-order valence-electron chi connectivity index (χ2n) is 8.06. The smallest absolute Gasteiger partial charge is 0.309 e. The van der Waals surface area contributed by atoms with E-state index >= 15 is 0 Å². The molecule has 0 fully saturated rings. The summed E-state index contributed by atoms with van der Waals surface area (Å²) in [6.07, 6.45) is 0. The summed E-state index contributed by atoms with van der Waals surface area (Å²) >= 11 is 0. The normalized spacial score (nSPS) is 11.5. The fourth-order valence-corrected chi connectivity index (χ4v) is 3.99. The SMILES string of the molecule is CCS(=O)(=O)Oc1cc(CN(CC(C)C)C(=O)c2ccc3ccccc3c2)ccc1OC. The fraction of sp³-hybridized carbons (Fsp3) is 0.320. The van der Waals surface area contributed by atoms with Crippen LogP contribution in [0, 0.1) is 5.92 Å². The Hall–Kier alpha value is -3.06. The molecule has 32 heavy (non-hydrogen) atoms. The minimum Gasteiger partial charge on any atom is -0.493 e. The monoisotopic (exact) mass is 455 g/mol. The van der Waals surface area contributed by atoms with Crippen molar-refractivity contribution in [3.05, 3.63) is 71.8 Å². The third-order valence-electron chi connectivity index (χ3n) is 5.04. The van der Waals surface area contributed by atoms with Gasteiger partial charge in [-0.05, 0) is 53.4 Å². The molecular formula is C25H29NO5S. The minimum absolute atomic E-state index is 0.0797. The van der Waals surface area contributed by atoms with Gasteiger partial charge in [0.15, 0.2) is 11.5 Å². The first kappa shape index (κ1) is 23.6. The number of carbonyl (C=O) groups excluding carboxylic acids is 1. The molecule has 170 valence electrons. The number of hydrogen-bond donors (Lipinski definition) is 0. The van der Waals surface area contributed by atoms with Crippen LogP contribution in [0.25, 0.3) is 10.8 Å². The third-order valence-corrected chi connectivity index (χ3v) is 6.18. The van der Waals surface area contributed by atoms with Crippen molar-refractivity contribution >= 4 is 26.8 Å². The highest BCUT2D eigenvalue weighted by Crippen LogP contribution is 2.30. The summed E-state index contributed by atoms with van der Waals surface area (Å²) in [5.41, 5.74) is 1.37. The van der Waals surface area contributed by atoms with Gasteiger partial charge >= 0.3 is 10.1 Å². The first-order valence-electron chi connectivity index (χ1n) is 10.6. The van der Waals surface area contributed by atoms with Crippen LogP contribution in [0.2, 0.25) is 0 Å². The largest absolute Gasteiger partial charge is 0.493 e. The average molecular weight is 456 g/mol. The van der Waals surface area contributed by atoms with E-state index in [1.165, 1.54) is 14.0 Å². The lowest BCUT2D eigenvalue weighted by molar-refractivity contribution is 0.0722. The van der Waals surface area contributed by atoms with E-state index in [-0.39, 0.29) is 23.3 Å². The Labute approximate surface area is 189 Å². The van der Waals surface area contributed by atoms with E-state index in [1.54, 1.807) is 17.0 Å². The number of rotatable bonds is 9. The van der Waals surface area contributed by atoms with Gasteiger partial charge in [-0.15, -0.1) is 0 Å². The summed E-state index contributed by atoms with van der Waals surface area (Å²) in [6.45, 7) is 6.49. The zero-order valence-electron chi connectivity index (χ0n) is 18.9. The van der Waals surface area contributed by atoms with Crippen molar-refractivity contribution < 1.29 is 22.1 Å². The van der Waals surface area contributed by atoms with E-state index in [0.29, 0.717) is 24.4 Å². The van der Waals surface area contributed by atoms with Crippen molar-refractivity contribution in [1.29, 1.82) is 0 Å². The highest BCUT2D eigenvalue weighted by Gasteiger charge is 2.20. The van der Waals surface area contributed by atoms with E-state index in [4.69, 9.17) is 8.92 Å². The summed E-state index contributed by atoms with van der Waals surface area (Å²) in [6, 6.07) is 18.7. The van der Waals surface area contributed by atoms with E-state index in [9.17, 15) is 13.2 Å². The fourth-order valence-electron chi connectivity index (χ4n) is 3.47. The van der Waals surface area contributed by atoms with Crippen LogP contribution in [0.4, 0.5) is 0 Å². The summed E-state index contributed by atoms with van der Waals surface area (Å²) in [5, 5.41) is 2.08. The molecule has 6 nitrogen and oxygen atoms in total. The van der Waals surface area contributed by atoms with Crippen molar-refractivity contribution in [2.45, 2.75) is 27.3 Å². The summed E-state index contributed by atoms with van der Waals surface area (Å²) in [7, 11) is -2.26. The van der Waals surface area contributed by atoms with Crippen LogP contribution in [0.1, 0.15) is 36.7 Å². The molecule has 0 atom stereocenters. The molecule has 3 aromatic rings. The average Bonchev–Trinajstić information content (AvgIpc) is 2.77. The topological polar surface area (TPSA) is 72.9 Å². The van der Waals surface area contributed by atoms with Crippen molar-refractivity contribution in [3.8, 4) is 11.5 Å². The van der Waals surface area contributed by atoms with Crippen molar-refractivity contribution in [2.24, 2.45) is 5.92 Å². The van der Waals surface area contributed by atoms with Crippen LogP contribution >= 0.6 is 0 Å². The maximum Gasteiger partial charge on any atom is 0.309 e. The number of nitrogens with zero attached hydrogens (tertiary/aromatic N) is 1. The highest BCUT2D eigenvalue weighted by atomic mass is 32.2. The quantitative estimate of drug-likeness (QED) is 0.430.